The van der Waals surface area contributed by atoms with Gasteiger partial charge in [0.25, 0.3) is 5.56 Å². The van der Waals surface area contributed by atoms with E-state index in [9.17, 15) is 4.79 Å². The van der Waals surface area contributed by atoms with Gasteiger partial charge in [0.05, 0.1) is 0 Å². The van der Waals surface area contributed by atoms with E-state index in [-0.39, 0.29) is 5.56 Å². The Bertz CT molecular complexity index is 655. The largest absolute Gasteiger partial charge is 0.301 e. The number of hydrogen-bond acceptors (Lipinski definition) is 5. The van der Waals surface area contributed by atoms with Gasteiger partial charge in [0.15, 0.2) is 5.82 Å². The van der Waals surface area contributed by atoms with Crippen molar-refractivity contribution in [2.45, 2.75) is 39.3 Å². The summed E-state index contributed by atoms with van der Waals surface area (Å²) in [5.41, 5.74) is -0.0600. The summed E-state index contributed by atoms with van der Waals surface area (Å²) in [6.07, 6.45) is 5.26. The van der Waals surface area contributed by atoms with Gasteiger partial charge in [-0.05, 0) is 51.8 Å². The van der Waals surface area contributed by atoms with Crippen molar-refractivity contribution in [1.82, 2.24) is 29.4 Å². The van der Waals surface area contributed by atoms with Crippen molar-refractivity contribution in [3.05, 3.63) is 35.1 Å². The zero-order valence-corrected chi connectivity index (χ0v) is 13.1. The molecule has 0 amide bonds. The van der Waals surface area contributed by atoms with Crippen LogP contribution in [0.2, 0.25) is 0 Å². The van der Waals surface area contributed by atoms with E-state index in [1.165, 1.54) is 6.33 Å². The van der Waals surface area contributed by atoms with Gasteiger partial charge in [0.1, 0.15) is 12.7 Å². The minimum atomic E-state index is -0.0600. The minimum absolute atomic E-state index is 0.0600. The molecule has 1 aliphatic rings. The first-order valence-electron chi connectivity index (χ1n) is 7.80. The molecular formula is C15H22N6O. The normalized spacial score (nSPS) is 17.2. The van der Waals surface area contributed by atoms with E-state index in [4.69, 9.17) is 0 Å². The van der Waals surface area contributed by atoms with Crippen LogP contribution in [0.1, 0.15) is 26.7 Å². The summed E-state index contributed by atoms with van der Waals surface area (Å²) in [6.45, 7) is 7.33. The van der Waals surface area contributed by atoms with Gasteiger partial charge in [0.2, 0.25) is 0 Å². The molecule has 0 atom stereocenters. The van der Waals surface area contributed by atoms with Gasteiger partial charge in [0, 0.05) is 18.7 Å². The molecule has 1 fully saturated rings. The quantitative estimate of drug-likeness (QED) is 0.841. The summed E-state index contributed by atoms with van der Waals surface area (Å²) < 4.78 is 3.13. The third kappa shape index (κ3) is 3.24. The SMILES string of the molecule is CC(C)N1CCC(Cn2nc(-n3cncn3)ccc2=O)CC1. The molecule has 0 aromatic carbocycles. The third-order valence-electron chi connectivity index (χ3n) is 4.32. The van der Waals surface area contributed by atoms with Crippen LogP contribution in [-0.2, 0) is 6.54 Å². The number of nitrogens with zero attached hydrogens (tertiary/aromatic N) is 6. The highest BCUT2D eigenvalue weighted by atomic mass is 16.1. The van der Waals surface area contributed by atoms with E-state index < -0.39 is 0 Å². The molecule has 0 radical (unpaired) electrons. The van der Waals surface area contributed by atoms with Gasteiger partial charge >= 0.3 is 0 Å². The molecule has 0 aliphatic carbocycles. The Kier molecular flexibility index (Phi) is 4.33. The van der Waals surface area contributed by atoms with Gasteiger partial charge in [-0.25, -0.2) is 14.3 Å². The highest BCUT2D eigenvalue weighted by Crippen LogP contribution is 2.19. The molecule has 3 heterocycles. The van der Waals surface area contributed by atoms with Crippen LogP contribution < -0.4 is 5.56 Å². The summed E-state index contributed by atoms with van der Waals surface area (Å²) in [4.78, 5) is 18.4. The molecule has 22 heavy (non-hydrogen) atoms. The Balaban J connectivity index is 1.70. The van der Waals surface area contributed by atoms with E-state index in [1.807, 2.05) is 0 Å². The number of rotatable bonds is 4. The van der Waals surface area contributed by atoms with E-state index in [0.29, 0.717) is 24.3 Å². The molecule has 118 valence electrons. The van der Waals surface area contributed by atoms with Gasteiger partial charge < -0.3 is 4.90 Å². The predicted octanol–water partition coefficient (Wildman–Crippen LogP) is 0.944. The van der Waals surface area contributed by atoms with Crippen molar-refractivity contribution >= 4 is 0 Å². The average Bonchev–Trinajstić information content (AvgIpc) is 3.04. The third-order valence-corrected chi connectivity index (χ3v) is 4.32. The van der Waals surface area contributed by atoms with Gasteiger partial charge in [-0.2, -0.15) is 5.10 Å². The standard InChI is InChI=1S/C15H22N6O/c1-12(2)19-7-5-13(6-8-19)9-20-15(22)4-3-14(18-20)21-11-16-10-17-21/h3-4,10-13H,5-9H2,1-2H3. The van der Waals surface area contributed by atoms with Crippen LogP contribution in [0.25, 0.3) is 5.82 Å². The maximum absolute atomic E-state index is 12.0. The van der Waals surface area contributed by atoms with Crippen LogP contribution in [-0.4, -0.2) is 48.6 Å². The van der Waals surface area contributed by atoms with Gasteiger partial charge in [-0.15, -0.1) is 5.10 Å². The lowest BCUT2D eigenvalue weighted by molar-refractivity contribution is 0.139. The summed E-state index contributed by atoms with van der Waals surface area (Å²) in [7, 11) is 0. The van der Waals surface area contributed by atoms with Crippen molar-refractivity contribution in [2.75, 3.05) is 13.1 Å². The van der Waals surface area contributed by atoms with E-state index in [0.717, 1.165) is 25.9 Å². The maximum atomic E-state index is 12.0. The van der Waals surface area contributed by atoms with Crippen LogP contribution in [0.5, 0.6) is 0 Å². The molecule has 0 saturated carbocycles. The first-order chi connectivity index (χ1) is 10.6. The second-order valence-corrected chi connectivity index (χ2v) is 6.13. The van der Waals surface area contributed by atoms with Crippen molar-refractivity contribution in [2.24, 2.45) is 5.92 Å². The van der Waals surface area contributed by atoms with Crippen molar-refractivity contribution < 1.29 is 0 Å². The molecule has 3 rings (SSSR count). The maximum Gasteiger partial charge on any atom is 0.266 e. The van der Waals surface area contributed by atoms with Crippen LogP contribution in [0, 0.1) is 5.92 Å². The molecular weight excluding hydrogens is 280 g/mol. The zero-order chi connectivity index (χ0) is 15.5. The number of piperidine rings is 1. The number of aromatic nitrogens is 5. The first kappa shape index (κ1) is 14.9. The average molecular weight is 302 g/mol. The Hall–Kier alpha value is -2.02. The molecule has 0 unspecified atom stereocenters. The molecule has 7 heteroatoms. The molecule has 1 aliphatic heterocycles. The summed E-state index contributed by atoms with van der Waals surface area (Å²) >= 11 is 0. The molecule has 0 N–H and O–H groups in total. The molecule has 0 bridgehead atoms. The topological polar surface area (TPSA) is 68.8 Å². The molecule has 2 aromatic heterocycles. The Morgan fingerprint density at radius 2 is 2.05 bits per heavy atom. The highest BCUT2D eigenvalue weighted by Gasteiger charge is 2.21. The van der Waals surface area contributed by atoms with Crippen LogP contribution in [0.15, 0.2) is 29.6 Å². The zero-order valence-electron chi connectivity index (χ0n) is 13.1. The van der Waals surface area contributed by atoms with E-state index in [2.05, 4.69) is 33.9 Å². The molecule has 2 aromatic rings. The first-order valence-corrected chi connectivity index (χ1v) is 7.80. The lowest BCUT2D eigenvalue weighted by atomic mass is 9.96. The Labute approximate surface area is 129 Å². The van der Waals surface area contributed by atoms with E-state index >= 15 is 0 Å². The fraction of sp³-hybridized carbons (Fsp3) is 0.600. The minimum Gasteiger partial charge on any atom is -0.301 e. The van der Waals surface area contributed by atoms with E-state index in [1.54, 1.807) is 27.8 Å². The van der Waals surface area contributed by atoms with Gasteiger partial charge in [-0.3, -0.25) is 4.79 Å². The second kappa shape index (κ2) is 6.39. The summed E-state index contributed by atoms with van der Waals surface area (Å²) in [6, 6.07) is 3.82. The highest BCUT2D eigenvalue weighted by molar-refractivity contribution is 5.16. The second-order valence-electron chi connectivity index (χ2n) is 6.13. The number of likely N-dealkylation sites (tertiary alicyclic amines) is 1. The van der Waals surface area contributed by atoms with Crippen LogP contribution >= 0.6 is 0 Å². The van der Waals surface area contributed by atoms with Crippen LogP contribution in [0.4, 0.5) is 0 Å². The lowest BCUT2D eigenvalue weighted by Crippen LogP contribution is -2.40. The fourth-order valence-electron chi connectivity index (χ4n) is 2.91. The molecule has 1 saturated heterocycles. The lowest BCUT2D eigenvalue weighted by Gasteiger charge is -2.34. The number of hydrogen-bond donors (Lipinski definition) is 0. The van der Waals surface area contributed by atoms with Crippen LogP contribution in [0.3, 0.4) is 0 Å². The fourth-order valence-corrected chi connectivity index (χ4v) is 2.91. The monoisotopic (exact) mass is 302 g/mol. The Morgan fingerprint density at radius 3 is 2.68 bits per heavy atom. The summed E-state index contributed by atoms with van der Waals surface area (Å²) in [5.74, 6) is 1.13. The smallest absolute Gasteiger partial charge is 0.266 e. The predicted molar refractivity (Wildman–Crippen MR) is 82.8 cm³/mol. The molecule has 7 nitrogen and oxygen atoms in total. The van der Waals surface area contributed by atoms with Crippen molar-refractivity contribution in [1.29, 1.82) is 0 Å². The summed E-state index contributed by atoms with van der Waals surface area (Å²) in [5, 5.41) is 8.47. The molecule has 0 spiro atoms. The Morgan fingerprint density at radius 1 is 1.27 bits per heavy atom. The van der Waals surface area contributed by atoms with Crippen molar-refractivity contribution in [3.63, 3.8) is 0 Å². The van der Waals surface area contributed by atoms with Gasteiger partial charge in [-0.1, -0.05) is 0 Å². The van der Waals surface area contributed by atoms with Crippen molar-refractivity contribution in [3.8, 4) is 5.82 Å².